The molecule has 0 aliphatic heterocycles. The largest absolute Gasteiger partial charge is 0.344 e. The van der Waals surface area contributed by atoms with Gasteiger partial charge in [-0.25, -0.2) is 9.89 Å². The molecule has 0 bridgehead atoms. The van der Waals surface area contributed by atoms with E-state index in [-0.39, 0.29) is 11.7 Å². The predicted molar refractivity (Wildman–Crippen MR) is 73.5 cm³/mol. The molecule has 1 aromatic heterocycles. The Morgan fingerprint density at radius 3 is 2.89 bits per heavy atom. The maximum atomic E-state index is 11.6. The van der Waals surface area contributed by atoms with Crippen molar-refractivity contribution in [1.29, 1.82) is 5.26 Å². The number of halogens is 1. The summed E-state index contributed by atoms with van der Waals surface area (Å²) in [5.74, 6) is 0. The molecule has 0 unspecified atom stereocenters. The van der Waals surface area contributed by atoms with Gasteiger partial charge >= 0.3 is 5.69 Å². The average molecular weight is 295 g/mol. The summed E-state index contributed by atoms with van der Waals surface area (Å²) in [5.41, 5.74) is 0.202. The summed E-state index contributed by atoms with van der Waals surface area (Å²) in [6.45, 7) is 3.79. The van der Waals surface area contributed by atoms with Gasteiger partial charge in [-0.2, -0.15) is 5.26 Å². The van der Waals surface area contributed by atoms with Crippen LogP contribution in [0, 0.1) is 11.3 Å². The van der Waals surface area contributed by atoms with Crippen molar-refractivity contribution in [2.45, 2.75) is 29.9 Å². The predicted octanol–water partition coefficient (Wildman–Crippen LogP) is 2.83. The van der Waals surface area contributed by atoms with Crippen LogP contribution >= 0.6 is 23.4 Å². The SMILES string of the molecule is CC(C)n1c(Sc2ccc(Cl)cc2C#N)n[nH]c1=O. The van der Waals surface area contributed by atoms with E-state index in [1.807, 2.05) is 13.8 Å². The molecule has 1 N–H and O–H groups in total. The molecule has 1 heterocycles. The number of nitrogens with one attached hydrogen (secondary N) is 1. The fourth-order valence-electron chi connectivity index (χ4n) is 1.59. The van der Waals surface area contributed by atoms with Crippen LogP contribution < -0.4 is 5.69 Å². The van der Waals surface area contributed by atoms with Crippen LogP contribution in [-0.4, -0.2) is 14.8 Å². The number of nitrogens with zero attached hydrogens (tertiary/aromatic N) is 3. The molecule has 19 heavy (non-hydrogen) atoms. The number of nitriles is 1. The topological polar surface area (TPSA) is 74.5 Å². The Balaban J connectivity index is 2.43. The molecule has 0 aliphatic carbocycles. The highest BCUT2D eigenvalue weighted by molar-refractivity contribution is 7.99. The van der Waals surface area contributed by atoms with Crippen LogP contribution in [0.4, 0.5) is 0 Å². The molecular weight excluding hydrogens is 284 g/mol. The Labute approximate surface area is 119 Å². The first-order valence-electron chi connectivity index (χ1n) is 5.57. The van der Waals surface area contributed by atoms with Gasteiger partial charge in [0.15, 0.2) is 5.16 Å². The van der Waals surface area contributed by atoms with Crippen LogP contribution in [0.1, 0.15) is 25.5 Å². The second-order valence-corrected chi connectivity index (χ2v) is 5.57. The van der Waals surface area contributed by atoms with Gasteiger partial charge in [-0.15, -0.1) is 5.10 Å². The Kier molecular flexibility index (Phi) is 3.98. The molecule has 7 heteroatoms. The summed E-state index contributed by atoms with van der Waals surface area (Å²) in [6.07, 6.45) is 0. The van der Waals surface area contributed by atoms with Gasteiger partial charge in [-0.1, -0.05) is 11.6 Å². The summed E-state index contributed by atoms with van der Waals surface area (Å²) in [6, 6.07) is 7.11. The molecule has 0 aliphatic rings. The number of hydrogen-bond donors (Lipinski definition) is 1. The van der Waals surface area contributed by atoms with E-state index in [4.69, 9.17) is 16.9 Å². The molecule has 2 aromatic rings. The van der Waals surface area contributed by atoms with Gasteiger partial charge < -0.3 is 0 Å². The van der Waals surface area contributed by atoms with Crippen molar-refractivity contribution >= 4 is 23.4 Å². The number of benzene rings is 1. The van der Waals surface area contributed by atoms with E-state index in [0.717, 1.165) is 0 Å². The highest BCUT2D eigenvalue weighted by Gasteiger charge is 2.14. The Morgan fingerprint density at radius 1 is 1.53 bits per heavy atom. The molecule has 5 nitrogen and oxygen atoms in total. The highest BCUT2D eigenvalue weighted by Crippen LogP contribution is 2.30. The van der Waals surface area contributed by atoms with Crippen LogP contribution in [0.15, 0.2) is 33.0 Å². The zero-order valence-corrected chi connectivity index (χ0v) is 11.9. The lowest BCUT2D eigenvalue weighted by molar-refractivity contribution is 0.534. The normalized spacial score (nSPS) is 10.7. The van der Waals surface area contributed by atoms with Gasteiger partial charge in [0.1, 0.15) is 6.07 Å². The summed E-state index contributed by atoms with van der Waals surface area (Å²) in [7, 11) is 0. The molecular formula is C12H11ClN4OS. The molecule has 0 amide bonds. The van der Waals surface area contributed by atoms with Crippen LogP contribution in [0.2, 0.25) is 5.02 Å². The minimum atomic E-state index is -0.259. The van der Waals surface area contributed by atoms with Gasteiger partial charge in [0, 0.05) is 16.0 Å². The molecule has 0 spiro atoms. The fourth-order valence-corrected chi connectivity index (χ4v) is 2.80. The Hall–Kier alpha value is -1.71. The van der Waals surface area contributed by atoms with Crippen LogP contribution in [-0.2, 0) is 0 Å². The highest BCUT2D eigenvalue weighted by atomic mass is 35.5. The average Bonchev–Trinajstić information content (AvgIpc) is 2.72. The molecule has 0 atom stereocenters. The third-order valence-corrected chi connectivity index (χ3v) is 3.73. The minimum absolute atomic E-state index is 0.00779. The number of hydrogen-bond acceptors (Lipinski definition) is 4. The zero-order chi connectivity index (χ0) is 14.0. The monoisotopic (exact) mass is 294 g/mol. The van der Waals surface area contributed by atoms with Gasteiger partial charge in [0.25, 0.3) is 0 Å². The molecule has 0 fully saturated rings. The van der Waals surface area contributed by atoms with Crippen molar-refractivity contribution in [3.63, 3.8) is 0 Å². The maximum Gasteiger partial charge on any atom is 0.344 e. The van der Waals surface area contributed by atoms with Crippen LogP contribution in [0.5, 0.6) is 0 Å². The Bertz CT molecular complexity index is 698. The maximum absolute atomic E-state index is 11.6. The first-order chi connectivity index (χ1) is 9.02. The molecule has 98 valence electrons. The van der Waals surface area contributed by atoms with Crippen LogP contribution in [0.25, 0.3) is 0 Å². The van der Waals surface area contributed by atoms with Crippen molar-refractivity contribution < 1.29 is 0 Å². The molecule has 2 rings (SSSR count). The lowest BCUT2D eigenvalue weighted by Gasteiger charge is -2.09. The summed E-state index contributed by atoms with van der Waals surface area (Å²) >= 11 is 7.11. The summed E-state index contributed by atoms with van der Waals surface area (Å²) in [5, 5.41) is 16.5. The summed E-state index contributed by atoms with van der Waals surface area (Å²) in [4.78, 5) is 12.3. The standard InChI is InChI=1S/C12H11ClN4OS/c1-7(2)17-11(18)15-16-12(17)19-10-4-3-9(13)5-8(10)6-14/h3-5,7H,1-2H3,(H,15,18). The second kappa shape index (κ2) is 5.51. The van der Waals surface area contributed by atoms with Gasteiger partial charge in [0.2, 0.25) is 0 Å². The molecule has 0 saturated heterocycles. The number of H-pyrrole nitrogens is 1. The van der Waals surface area contributed by atoms with Crippen molar-refractivity contribution in [3.8, 4) is 6.07 Å². The lowest BCUT2D eigenvalue weighted by Crippen LogP contribution is -2.19. The molecule has 0 saturated carbocycles. The molecule has 0 radical (unpaired) electrons. The van der Waals surface area contributed by atoms with E-state index in [9.17, 15) is 4.79 Å². The van der Waals surface area contributed by atoms with Crippen molar-refractivity contribution in [2.24, 2.45) is 0 Å². The second-order valence-electron chi connectivity index (χ2n) is 4.13. The van der Waals surface area contributed by atoms with Crippen LogP contribution in [0.3, 0.4) is 0 Å². The van der Waals surface area contributed by atoms with E-state index in [2.05, 4.69) is 16.3 Å². The minimum Gasteiger partial charge on any atom is -0.267 e. The van der Waals surface area contributed by atoms with Gasteiger partial charge in [-0.3, -0.25) is 4.57 Å². The zero-order valence-electron chi connectivity index (χ0n) is 10.3. The van der Waals surface area contributed by atoms with E-state index < -0.39 is 0 Å². The van der Waals surface area contributed by atoms with Gasteiger partial charge in [-0.05, 0) is 43.8 Å². The quantitative estimate of drug-likeness (QED) is 0.944. The smallest absolute Gasteiger partial charge is 0.267 e. The molecule has 1 aromatic carbocycles. The van der Waals surface area contributed by atoms with E-state index >= 15 is 0 Å². The van der Waals surface area contributed by atoms with E-state index in [1.165, 1.54) is 11.8 Å². The van der Waals surface area contributed by atoms with Gasteiger partial charge in [0.05, 0.1) is 5.56 Å². The third-order valence-electron chi connectivity index (χ3n) is 2.45. The Morgan fingerprint density at radius 2 is 2.26 bits per heavy atom. The van der Waals surface area contributed by atoms with Crippen molar-refractivity contribution in [3.05, 3.63) is 39.3 Å². The summed E-state index contributed by atoms with van der Waals surface area (Å²) < 4.78 is 1.54. The third kappa shape index (κ3) is 2.83. The fraction of sp³-hybridized carbons (Fsp3) is 0.250. The van der Waals surface area contributed by atoms with Crippen molar-refractivity contribution in [2.75, 3.05) is 0 Å². The van der Waals surface area contributed by atoms with E-state index in [0.29, 0.717) is 20.6 Å². The van der Waals surface area contributed by atoms with E-state index in [1.54, 1.807) is 22.8 Å². The number of aromatic nitrogens is 3. The first kappa shape index (κ1) is 13.7. The van der Waals surface area contributed by atoms with Crippen molar-refractivity contribution in [1.82, 2.24) is 14.8 Å². The number of rotatable bonds is 3. The number of aromatic amines is 1. The lowest BCUT2D eigenvalue weighted by atomic mass is 10.2. The first-order valence-corrected chi connectivity index (χ1v) is 6.76.